The third-order valence-electron chi connectivity index (χ3n) is 5.22. The largest absolute Gasteiger partial charge is 4.00 e. The molecule has 256 valence electrons. The fraction of sp³-hybridized carbons (Fsp3) is 0. The van der Waals surface area contributed by atoms with E-state index in [1.165, 1.54) is 0 Å². The zero-order valence-corrected chi connectivity index (χ0v) is 25.3. The zero-order valence-electron chi connectivity index (χ0n) is 23.8. The van der Waals surface area contributed by atoms with E-state index in [1.807, 2.05) is 0 Å². The van der Waals surface area contributed by atoms with E-state index in [2.05, 4.69) is 0 Å². The van der Waals surface area contributed by atoms with Gasteiger partial charge in [-0.25, -0.2) is 0 Å². The van der Waals surface area contributed by atoms with E-state index in [9.17, 15) is 39.6 Å². The van der Waals surface area contributed by atoms with Crippen LogP contribution < -0.4 is 20.4 Å². The van der Waals surface area contributed by atoms with Crippen molar-refractivity contribution in [2.24, 2.45) is 0 Å². The Morgan fingerprint density at radius 3 is 0.490 bits per heavy atom. The number of phenolic OH excluding ortho intramolecular Hbond substituents is 12. The summed E-state index contributed by atoms with van der Waals surface area (Å²) >= 11 is 0. The van der Waals surface area contributed by atoms with Gasteiger partial charge in [0.15, 0.2) is 69.0 Å². The first-order valence-corrected chi connectivity index (χ1v) is 11.9. The average molecular weight is 724 g/mol. The van der Waals surface area contributed by atoms with Crippen molar-refractivity contribution in [1.82, 2.24) is 0 Å². The van der Waals surface area contributed by atoms with Crippen molar-refractivity contribution in [3.8, 4) is 69.0 Å². The molecule has 0 radical (unpaired) electrons. The van der Waals surface area contributed by atoms with Crippen LogP contribution in [0.5, 0.6) is 69.0 Å². The van der Waals surface area contributed by atoms with Crippen molar-refractivity contribution < 1.29 is 123 Å². The minimum absolute atomic E-state index is 0. The molecule has 0 aliphatic carbocycles. The normalized spacial score (nSPS) is 9.47. The van der Waals surface area contributed by atoms with Crippen LogP contribution in [0.25, 0.3) is 0 Å². The number of benzene rings is 4. The van der Waals surface area contributed by atoms with Gasteiger partial charge in [0.1, 0.15) is 0 Å². The van der Waals surface area contributed by atoms with E-state index in [0.717, 1.165) is 48.5 Å². The molecule has 49 heavy (non-hydrogen) atoms. The molecule has 20 nitrogen and oxygen atoms in total. The molecular formula is C28H20O20Ti. The van der Waals surface area contributed by atoms with Crippen molar-refractivity contribution in [3.63, 3.8) is 0 Å². The Kier molecular flexibility index (Phi) is 15.2. The molecule has 0 unspecified atom stereocenters. The summed E-state index contributed by atoms with van der Waals surface area (Å²) in [6.07, 6.45) is 0. The van der Waals surface area contributed by atoms with Crippen LogP contribution in [0.2, 0.25) is 0 Å². The van der Waals surface area contributed by atoms with Crippen molar-refractivity contribution in [2.45, 2.75) is 0 Å². The average Bonchev–Trinajstić information content (AvgIpc) is 2.99. The fourth-order valence-corrected chi connectivity index (χ4v) is 2.89. The number of carbonyl (C=O) groups is 4. The van der Waals surface area contributed by atoms with Crippen LogP contribution in [-0.4, -0.2) is 85.2 Å². The van der Waals surface area contributed by atoms with E-state index in [0.29, 0.717) is 0 Å². The van der Waals surface area contributed by atoms with Crippen molar-refractivity contribution in [3.05, 3.63) is 70.8 Å². The number of hydrogen-bond donors (Lipinski definition) is 12. The van der Waals surface area contributed by atoms with Gasteiger partial charge in [-0.15, -0.1) is 0 Å². The third-order valence-corrected chi connectivity index (χ3v) is 5.22. The third kappa shape index (κ3) is 11.7. The van der Waals surface area contributed by atoms with Crippen LogP contribution in [0.1, 0.15) is 41.4 Å². The Bertz CT molecular complexity index is 1510. The van der Waals surface area contributed by atoms with Crippen LogP contribution in [0.15, 0.2) is 48.5 Å². The van der Waals surface area contributed by atoms with Crippen molar-refractivity contribution in [1.29, 1.82) is 0 Å². The Hall–Kier alpha value is -6.93. The summed E-state index contributed by atoms with van der Waals surface area (Å²) in [5.74, 6) is -14.8. The van der Waals surface area contributed by atoms with Crippen molar-refractivity contribution >= 4 is 23.9 Å². The topological polar surface area (TPSA) is 403 Å². The number of carbonyl (C=O) groups excluding carboxylic acids is 4. The monoisotopic (exact) mass is 724 g/mol. The summed E-state index contributed by atoms with van der Waals surface area (Å²) in [5, 5.41) is 147. The molecule has 4 rings (SSSR count). The van der Waals surface area contributed by atoms with Crippen LogP contribution in [-0.2, 0) is 21.7 Å². The first-order valence-electron chi connectivity index (χ1n) is 11.9. The van der Waals surface area contributed by atoms with Gasteiger partial charge in [-0.1, -0.05) is 0 Å². The SMILES string of the molecule is O=C([O-])c1cc(O)c(O)c(O)c1.O=C([O-])c1cc(O)c(O)c(O)c1.O=C([O-])c1cc(O)c(O)c(O)c1.O=C([O-])c1cc(O)c(O)c(O)c1.[Ti+4]. The molecule has 0 amide bonds. The molecule has 0 fully saturated rings. The summed E-state index contributed by atoms with van der Waals surface area (Å²) < 4.78 is 0. The second kappa shape index (κ2) is 17.7. The molecule has 0 saturated carbocycles. The molecule has 0 aliphatic rings. The van der Waals surface area contributed by atoms with E-state index in [1.54, 1.807) is 0 Å². The molecule has 0 aliphatic heterocycles. The molecule has 0 bridgehead atoms. The second-order valence-corrected chi connectivity index (χ2v) is 8.60. The summed E-state index contributed by atoms with van der Waals surface area (Å²) in [6, 6.07) is 6.26. The smallest absolute Gasteiger partial charge is 0.545 e. The van der Waals surface area contributed by atoms with Gasteiger partial charge in [-0.2, -0.15) is 0 Å². The zero-order chi connectivity index (χ0) is 37.2. The summed E-state index contributed by atoms with van der Waals surface area (Å²) in [4.78, 5) is 40.8. The number of aromatic hydroxyl groups is 12. The molecule has 4 aromatic carbocycles. The van der Waals surface area contributed by atoms with Crippen molar-refractivity contribution in [2.75, 3.05) is 0 Å². The van der Waals surface area contributed by atoms with Gasteiger partial charge >= 0.3 is 21.7 Å². The number of aromatic carboxylic acids is 4. The van der Waals surface area contributed by atoms with Crippen LogP contribution >= 0.6 is 0 Å². The van der Waals surface area contributed by atoms with Crippen LogP contribution in [0, 0.1) is 0 Å². The molecular weight excluding hydrogens is 704 g/mol. The first kappa shape index (κ1) is 42.1. The molecule has 0 aromatic heterocycles. The molecule has 0 heterocycles. The maximum atomic E-state index is 10.2. The second-order valence-electron chi connectivity index (χ2n) is 8.60. The predicted octanol–water partition coefficient (Wildman–Crippen LogP) is -3.33. The van der Waals surface area contributed by atoms with E-state index in [4.69, 9.17) is 61.3 Å². The Morgan fingerprint density at radius 2 is 0.408 bits per heavy atom. The van der Waals surface area contributed by atoms with Gasteiger partial charge in [0, 0.05) is 22.3 Å². The first-order chi connectivity index (χ1) is 22.1. The van der Waals surface area contributed by atoms with Gasteiger partial charge in [0.25, 0.3) is 0 Å². The standard InChI is InChI=1S/4C7H6O5.Ti/c4*8-4-1-3(7(11)12)2-5(9)6(4)10;/h4*1-2,8-10H,(H,11,12);/q;;;;+4/p-4. The number of hydrogen-bond acceptors (Lipinski definition) is 20. The summed E-state index contributed by atoms with van der Waals surface area (Å²) in [5.41, 5.74) is -1.60. The molecule has 0 spiro atoms. The number of phenols is 12. The maximum absolute atomic E-state index is 10.2. The molecule has 0 atom stereocenters. The molecule has 12 N–H and O–H groups in total. The minimum atomic E-state index is -1.54. The predicted molar refractivity (Wildman–Crippen MR) is 143 cm³/mol. The molecule has 0 saturated heterocycles. The van der Waals surface area contributed by atoms with Gasteiger partial charge in [0.2, 0.25) is 0 Å². The number of carboxylic acids is 4. The number of rotatable bonds is 4. The van der Waals surface area contributed by atoms with Gasteiger partial charge in [-0.3, -0.25) is 0 Å². The molecule has 21 heteroatoms. The van der Waals surface area contributed by atoms with E-state index in [-0.39, 0.29) is 21.7 Å². The van der Waals surface area contributed by atoms with Gasteiger partial charge in [-0.05, 0) is 48.5 Å². The van der Waals surface area contributed by atoms with Crippen LogP contribution in [0.4, 0.5) is 0 Å². The van der Waals surface area contributed by atoms with Gasteiger partial charge in [0.05, 0.1) is 23.9 Å². The quantitative estimate of drug-likeness (QED) is 0.0723. The Balaban J connectivity index is 0.000000623. The Morgan fingerprint density at radius 1 is 0.306 bits per heavy atom. The fourth-order valence-electron chi connectivity index (χ4n) is 2.89. The summed E-state index contributed by atoms with van der Waals surface area (Å²) in [6.45, 7) is 0. The maximum Gasteiger partial charge on any atom is 4.00 e. The minimum Gasteiger partial charge on any atom is -0.545 e. The number of carboxylic acid groups (broad SMARTS) is 4. The van der Waals surface area contributed by atoms with Gasteiger partial charge < -0.3 is 101 Å². The molecule has 4 aromatic rings. The van der Waals surface area contributed by atoms with E-state index >= 15 is 0 Å². The van der Waals surface area contributed by atoms with E-state index < -0.39 is 115 Å². The Labute approximate surface area is 285 Å². The van der Waals surface area contributed by atoms with Crippen LogP contribution in [0.3, 0.4) is 0 Å². The summed E-state index contributed by atoms with van der Waals surface area (Å²) in [7, 11) is 0.